The first-order valence-electron chi connectivity index (χ1n) is 7.79. The summed E-state index contributed by atoms with van der Waals surface area (Å²) >= 11 is 0. The molecular formula is C18H23NO5. The summed E-state index contributed by atoms with van der Waals surface area (Å²) in [4.78, 5) is 26.0. The summed E-state index contributed by atoms with van der Waals surface area (Å²) < 4.78 is 16.1. The van der Waals surface area contributed by atoms with E-state index in [1.54, 1.807) is 19.1 Å². The summed E-state index contributed by atoms with van der Waals surface area (Å²) in [7, 11) is 5.28. The molecule has 0 amide bonds. The van der Waals surface area contributed by atoms with Crippen LogP contribution in [0.25, 0.3) is 11.0 Å². The maximum absolute atomic E-state index is 12.1. The van der Waals surface area contributed by atoms with Crippen molar-refractivity contribution in [2.75, 3.05) is 34.4 Å². The van der Waals surface area contributed by atoms with Gasteiger partial charge in [0.1, 0.15) is 16.9 Å². The van der Waals surface area contributed by atoms with E-state index in [-0.39, 0.29) is 11.5 Å². The smallest absolute Gasteiger partial charge is 0.374 e. The summed E-state index contributed by atoms with van der Waals surface area (Å²) in [6, 6.07) is 3.55. The van der Waals surface area contributed by atoms with Crippen LogP contribution in [0.4, 0.5) is 0 Å². The molecule has 0 fully saturated rings. The van der Waals surface area contributed by atoms with Crippen LogP contribution in [0, 0.1) is 6.92 Å². The van der Waals surface area contributed by atoms with Gasteiger partial charge in [0.15, 0.2) is 5.78 Å². The quantitative estimate of drug-likeness (QED) is 0.441. The van der Waals surface area contributed by atoms with Gasteiger partial charge in [-0.1, -0.05) is 0 Å². The Hall–Kier alpha value is -2.34. The number of ether oxygens (including phenoxy) is 2. The molecule has 6 nitrogen and oxygen atoms in total. The van der Waals surface area contributed by atoms with E-state index in [0.717, 1.165) is 13.0 Å². The zero-order chi connectivity index (χ0) is 17.9. The third-order valence-corrected chi connectivity index (χ3v) is 3.80. The third-order valence-electron chi connectivity index (χ3n) is 3.80. The highest BCUT2D eigenvalue weighted by atomic mass is 16.5. The lowest BCUT2D eigenvalue weighted by molar-refractivity contribution is 0.0566. The molecule has 24 heavy (non-hydrogen) atoms. The topological polar surface area (TPSA) is 69.0 Å². The van der Waals surface area contributed by atoms with Gasteiger partial charge in [0.05, 0.1) is 13.7 Å². The highest BCUT2D eigenvalue weighted by Crippen LogP contribution is 2.34. The molecule has 130 valence electrons. The van der Waals surface area contributed by atoms with Crippen molar-refractivity contribution in [2.45, 2.75) is 20.3 Å². The van der Waals surface area contributed by atoms with Crippen molar-refractivity contribution >= 4 is 22.7 Å². The largest absolute Gasteiger partial charge is 0.493 e. The summed E-state index contributed by atoms with van der Waals surface area (Å²) in [6.45, 7) is 4.61. The predicted molar refractivity (Wildman–Crippen MR) is 91.0 cm³/mol. The second-order valence-electron chi connectivity index (χ2n) is 5.92. The Morgan fingerprint density at radius 3 is 2.54 bits per heavy atom. The second-order valence-corrected chi connectivity index (χ2v) is 5.92. The van der Waals surface area contributed by atoms with Crippen LogP contribution in [0.3, 0.4) is 0 Å². The van der Waals surface area contributed by atoms with Gasteiger partial charge in [-0.25, -0.2) is 4.79 Å². The lowest BCUT2D eigenvalue weighted by atomic mass is 10.0. The first-order chi connectivity index (χ1) is 11.4. The van der Waals surface area contributed by atoms with E-state index in [1.807, 2.05) is 14.1 Å². The van der Waals surface area contributed by atoms with Crippen LogP contribution >= 0.6 is 0 Å². The maximum Gasteiger partial charge on any atom is 0.374 e. The average Bonchev–Trinajstić information content (AvgIpc) is 2.87. The molecule has 0 bridgehead atoms. The van der Waals surface area contributed by atoms with Crippen LogP contribution in [-0.4, -0.2) is 51.0 Å². The third kappa shape index (κ3) is 3.59. The van der Waals surface area contributed by atoms with Crippen LogP contribution in [0.2, 0.25) is 0 Å². The molecular weight excluding hydrogens is 310 g/mol. The van der Waals surface area contributed by atoms with Crippen molar-refractivity contribution < 1.29 is 23.5 Å². The number of esters is 1. The number of hydrogen-bond acceptors (Lipinski definition) is 6. The summed E-state index contributed by atoms with van der Waals surface area (Å²) in [5.41, 5.74) is 1.37. The van der Waals surface area contributed by atoms with Gasteiger partial charge in [-0.3, -0.25) is 4.79 Å². The number of aryl methyl sites for hydroxylation is 1. The molecule has 1 aromatic heterocycles. The molecule has 0 saturated heterocycles. The highest BCUT2D eigenvalue weighted by molar-refractivity contribution is 6.09. The summed E-state index contributed by atoms with van der Waals surface area (Å²) in [6.07, 6.45) is 0.840. The van der Waals surface area contributed by atoms with Gasteiger partial charge in [-0.15, -0.1) is 0 Å². The van der Waals surface area contributed by atoms with Crippen LogP contribution < -0.4 is 4.74 Å². The molecule has 0 aliphatic rings. The molecule has 0 radical (unpaired) electrons. The van der Waals surface area contributed by atoms with Crippen LogP contribution in [0.1, 0.15) is 39.8 Å². The Bertz CT molecular complexity index is 760. The van der Waals surface area contributed by atoms with E-state index >= 15 is 0 Å². The van der Waals surface area contributed by atoms with Gasteiger partial charge in [0, 0.05) is 17.5 Å². The number of carbonyl (C=O) groups is 2. The fraction of sp³-hybridized carbons (Fsp3) is 0.444. The molecule has 6 heteroatoms. The zero-order valence-electron chi connectivity index (χ0n) is 14.8. The number of hydrogen-bond donors (Lipinski definition) is 0. The van der Waals surface area contributed by atoms with Crippen LogP contribution in [-0.2, 0) is 4.74 Å². The highest BCUT2D eigenvalue weighted by Gasteiger charge is 2.23. The Morgan fingerprint density at radius 1 is 1.25 bits per heavy atom. The number of methoxy groups -OCH3 is 1. The standard InChI is InChI=1S/C18H23NO5/c1-11-13-7-8-14(23-10-6-9-19(3)4)15(12(2)20)17(13)24-16(11)18(21)22-5/h7-8H,6,9-10H2,1-5H3. The summed E-state index contributed by atoms with van der Waals surface area (Å²) in [5, 5.41) is 0.709. The molecule has 1 aromatic carbocycles. The SMILES string of the molecule is COC(=O)c1oc2c(C(C)=O)c(OCCCN(C)C)ccc2c1C. The van der Waals surface area contributed by atoms with Crippen molar-refractivity contribution in [2.24, 2.45) is 0 Å². The van der Waals surface area contributed by atoms with Crippen molar-refractivity contribution in [1.82, 2.24) is 4.90 Å². The molecule has 2 rings (SSSR count). The van der Waals surface area contributed by atoms with Gasteiger partial charge >= 0.3 is 5.97 Å². The van der Waals surface area contributed by atoms with Crippen molar-refractivity contribution in [3.8, 4) is 5.75 Å². The molecule has 0 spiro atoms. The number of nitrogens with zero attached hydrogens (tertiary/aromatic N) is 1. The monoisotopic (exact) mass is 333 g/mol. The van der Waals surface area contributed by atoms with E-state index in [4.69, 9.17) is 13.9 Å². The van der Waals surface area contributed by atoms with E-state index < -0.39 is 5.97 Å². The molecule has 0 aliphatic carbocycles. The lowest BCUT2D eigenvalue weighted by Gasteiger charge is -2.12. The van der Waals surface area contributed by atoms with Crippen molar-refractivity contribution in [1.29, 1.82) is 0 Å². The van der Waals surface area contributed by atoms with Gasteiger partial charge < -0.3 is 18.8 Å². The Kier molecular flexibility index (Phi) is 5.62. The van der Waals surface area contributed by atoms with Gasteiger partial charge in [-0.2, -0.15) is 0 Å². The Labute approximate surface area is 141 Å². The minimum absolute atomic E-state index is 0.111. The number of ketones is 1. The van der Waals surface area contributed by atoms with Crippen LogP contribution in [0.5, 0.6) is 5.75 Å². The molecule has 0 saturated carbocycles. The van der Waals surface area contributed by atoms with E-state index in [2.05, 4.69) is 4.90 Å². The lowest BCUT2D eigenvalue weighted by Crippen LogP contribution is -2.16. The molecule has 1 heterocycles. The van der Waals surface area contributed by atoms with Gasteiger partial charge in [-0.05, 0) is 46.5 Å². The number of carbonyl (C=O) groups excluding carboxylic acids is 2. The number of Topliss-reactive ketones (excluding diaryl/α,β-unsaturated/α-hetero) is 1. The van der Waals surface area contributed by atoms with E-state index in [0.29, 0.717) is 34.5 Å². The minimum atomic E-state index is -0.563. The van der Waals surface area contributed by atoms with Gasteiger partial charge in [0.25, 0.3) is 0 Å². The molecule has 0 atom stereocenters. The van der Waals surface area contributed by atoms with E-state index in [9.17, 15) is 9.59 Å². The Balaban J connectivity index is 2.41. The fourth-order valence-corrected chi connectivity index (χ4v) is 2.57. The molecule has 0 aliphatic heterocycles. The first kappa shape index (κ1) is 18.0. The maximum atomic E-state index is 12.1. The van der Waals surface area contributed by atoms with Crippen molar-refractivity contribution in [3.63, 3.8) is 0 Å². The minimum Gasteiger partial charge on any atom is -0.493 e. The summed E-state index contributed by atoms with van der Waals surface area (Å²) in [5.74, 6) is -0.154. The van der Waals surface area contributed by atoms with Crippen molar-refractivity contribution in [3.05, 3.63) is 29.0 Å². The Morgan fingerprint density at radius 2 is 1.96 bits per heavy atom. The van der Waals surface area contributed by atoms with E-state index in [1.165, 1.54) is 14.0 Å². The van der Waals surface area contributed by atoms with Crippen LogP contribution in [0.15, 0.2) is 16.5 Å². The number of rotatable bonds is 7. The fourth-order valence-electron chi connectivity index (χ4n) is 2.57. The molecule has 0 unspecified atom stereocenters. The van der Waals surface area contributed by atoms with Gasteiger partial charge in [0.2, 0.25) is 5.76 Å². The second kappa shape index (κ2) is 7.49. The first-order valence-corrected chi connectivity index (χ1v) is 7.79. The molecule has 0 N–H and O–H groups in total. The number of benzene rings is 1. The predicted octanol–water partition coefficient (Wildman–Crippen LogP) is 3.06. The molecule has 2 aromatic rings. The number of furan rings is 1. The zero-order valence-corrected chi connectivity index (χ0v) is 14.8. The normalized spacial score (nSPS) is 11.1. The average molecular weight is 333 g/mol. The number of fused-ring (bicyclic) bond motifs is 1.